The molecule has 0 spiro atoms. The van der Waals surface area contributed by atoms with E-state index < -0.39 is 17.7 Å². The number of nitrogens with zero attached hydrogens (tertiary/aromatic N) is 1. The smallest absolute Gasteiger partial charge is 0.248 e. The van der Waals surface area contributed by atoms with Crippen LogP contribution < -0.4 is 16.8 Å². The fraction of sp³-hybridized carbons (Fsp3) is 0.0909. The van der Waals surface area contributed by atoms with Crippen LogP contribution in [0.3, 0.4) is 0 Å². The van der Waals surface area contributed by atoms with Gasteiger partial charge in [0, 0.05) is 29.4 Å². The van der Waals surface area contributed by atoms with Crippen molar-refractivity contribution in [1.82, 2.24) is 15.4 Å². The van der Waals surface area contributed by atoms with Gasteiger partial charge in [-0.1, -0.05) is 18.2 Å². The van der Waals surface area contributed by atoms with E-state index in [1.54, 1.807) is 18.3 Å². The van der Waals surface area contributed by atoms with E-state index in [2.05, 4.69) is 15.4 Å². The number of aromatic nitrogens is 2. The summed E-state index contributed by atoms with van der Waals surface area (Å²) < 4.78 is 27.1. The Kier molecular flexibility index (Phi) is 5.16. The third-order valence-corrected chi connectivity index (χ3v) is 4.77. The van der Waals surface area contributed by atoms with Crippen molar-refractivity contribution in [2.45, 2.75) is 12.5 Å². The second-order valence-electron chi connectivity index (χ2n) is 6.76. The maximum absolute atomic E-state index is 13.6. The molecule has 4 N–H and O–H groups in total. The molecule has 0 aliphatic carbocycles. The van der Waals surface area contributed by atoms with E-state index in [4.69, 9.17) is 5.84 Å². The first-order chi connectivity index (χ1) is 14.0. The Morgan fingerprint density at radius 3 is 2.55 bits per heavy atom. The van der Waals surface area contributed by atoms with Gasteiger partial charge >= 0.3 is 0 Å². The van der Waals surface area contributed by atoms with E-state index in [0.29, 0.717) is 16.8 Å². The Labute approximate surface area is 165 Å². The molecule has 0 fully saturated rings. The van der Waals surface area contributed by atoms with E-state index in [9.17, 15) is 13.6 Å². The molecule has 0 aliphatic heterocycles. The SMILES string of the molecule is NN[C@@H](Cc1cc(F)cc(F)c1)c1ncccc1-c1ccc2ccc(=O)[nH]c2c1. The molecule has 0 saturated carbocycles. The molecule has 0 radical (unpaired) electrons. The van der Waals surface area contributed by atoms with Gasteiger partial charge in [-0.15, -0.1) is 0 Å². The van der Waals surface area contributed by atoms with Crippen molar-refractivity contribution in [3.63, 3.8) is 0 Å². The van der Waals surface area contributed by atoms with E-state index in [1.165, 1.54) is 18.2 Å². The quantitative estimate of drug-likeness (QED) is 0.358. The summed E-state index contributed by atoms with van der Waals surface area (Å²) in [4.78, 5) is 18.9. The maximum atomic E-state index is 13.6. The average molecular weight is 392 g/mol. The maximum Gasteiger partial charge on any atom is 0.248 e. The molecular formula is C22H18F2N4O. The summed E-state index contributed by atoms with van der Waals surface area (Å²) in [5, 5.41) is 0.905. The second-order valence-corrected chi connectivity index (χ2v) is 6.76. The van der Waals surface area contributed by atoms with E-state index in [1.807, 2.05) is 24.3 Å². The summed E-state index contributed by atoms with van der Waals surface area (Å²) in [6.07, 6.45) is 1.89. The highest BCUT2D eigenvalue weighted by molar-refractivity contribution is 5.84. The standard InChI is InChI=1S/C22H18F2N4O/c23-16-8-13(9-17(24)12-16)10-20(28-25)22-18(2-1-7-26-22)15-4-3-14-5-6-21(29)27-19(14)11-15/h1-9,11-12,20,28H,10,25H2,(H,27,29)/t20-/m0/s1. The summed E-state index contributed by atoms with van der Waals surface area (Å²) in [5.74, 6) is 4.48. The first-order valence-corrected chi connectivity index (χ1v) is 9.03. The van der Waals surface area contributed by atoms with Crippen molar-refractivity contribution in [2.75, 3.05) is 0 Å². The minimum absolute atomic E-state index is 0.185. The van der Waals surface area contributed by atoms with Gasteiger partial charge in [-0.25, -0.2) is 8.78 Å². The Morgan fingerprint density at radius 1 is 1.03 bits per heavy atom. The Balaban J connectivity index is 1.76. The highest BCUT2D eigenvalue weighted by Gasteiger charge is 2.18. The molecule has 0 bridgehead atoms. The van der Waals surface area contributed by atoms with E-state index in [-0.39, 0.29) is 12.0 Å². The van der Waals surface area contributed by atoms with Crippen LogP contribution in [0, 0.1) is 11.6 Å². The lowest BCUT2D eigenvalue weighted by Gasteiger charge is -2.19. The Hall–Kier alpha value is -3.42. The average Bonchev–Trinajstić information content (AvgIpc) is 2.71. The third-order valence-electron chi connectivity index (χ3n) is 4.77. The molecule has 0 unspecified atom stereocenters. The highest BCUT2D eigenvalue weighted by Crippen LogP contribution is 2.30. The Bertz CT molecular complexity index is 1220. The number of benzene rings is 2. The summed E-state index contributed by atoms with van der Waals surface area (Å²) in [7, 11) is 0. The fourth-order valence-corrected chi connectivity index (χ4v) is 3.46. The van der Waals surface area contributed by atoms with Crippen LogP contribution in [-0.2, 0) is 6.42 Å². The number of nitrogens with one attached hydrogen (secondary N) is 2. The van der Waals surface area contributed by atoms with Gasteiger partial charge in [0.1, 0.15) is 11.6 Å². The highest BCUT2D eigenvalue weighted by atomic mass is 19.1. The number of fused-ring (bicyclic) bond motifs is 1. The largest absolute Gasteiger partial charge is 0.322 e. The van der Waals surface area contributed by atoms with Gasteiger partial charge in [-0.05, 0) is 53.3 Å². The van der Waals surface area contributed by atoms with Crippen molar-refractivity contribution in [1.29, 1.82) is 0 Å². The van der Waals surface area contributed by atoms with Gasteiger partial charge in [0.15, 0.2) is 0 Å². The second kappa shape index (κ2) is 7.90. The van der Waals surface area contributed by atoms with Crippen molar-refractivity contribution >= 4 is 10.9 Å². The number of hydrogen-bond donors (Lipinski definition) is 3. The Morgan fingerprint density at radius 2 is 1.79 bits per heavy atom. The summed E-state index contributed by atoms with van der Waals surface area (Å²) in [6, 6.07) is 15.5. The van der Waals surface area contributed by atoms with Crippen LogP contribution in [0.5, 0.6) is 0 Å². The van der Waals surface area contributed by atoms with Gasteiger partial charge < -0.3 is 4.98 Å². The van der Waals surface area contributed by atoms with Crippen molar-refractivity contribution in [3.8, 4) is 11.1 Å². The molecule has 5 nitrogen and oxygen atoms in total. The normalized spacial score (nSPS) is 12.2. The van der Waals surface area contributed by atoms with Gasteiger partial charge in [-0.2, -0.15) is 0 Å². The molecule has 29 heavy (non-hydrogen) atoms. The molecule has 0 saturated heterocycles. The molecule has 7 heteroatoms. The van der Waals surface area contributed by atoms with Crippen LogP contribution in [-0.4, -0.2) is 9.97 Å². The summed E-state index contributed by atoms with van der Waals surface area (Å²) >= 11 is 0. The van der Waals surface area contributed by atoms with Crippen LogP contribution in [0.2, 0.25) is 0 Å². The third kappa shape index (κ3) is 4.06. The van der Waals surface area contributed by atoms with Gasteiger partial charge in [0.25, 0.3) is 0 Å². The van der Waals surface area contributed by atoms with Crippen molar-refractivity contribution in [3.05, 3.63) is 100 Å². The number of rotatable bonds is 5. The van der Waals surface area contributed by atoms with Crippen LogP contribution in [0.25, 0.3) is 22.0 Å². The van der Waals surface area contributed by atoms with Gasteiger partial charge in [-0.3, -0.25) is 21.0 Å². The molecule has 0 aliphatic rings. The molecule has 4 rings (SSSR count). The molecule has 2 aromatic carbocycles. The molecule has 146 valence electrons. The van der Waals surface area contributed by atoms with Crippen LogP contribution in [0.1, 0.15) is 17.3 Å². The molecule has 4 aromatic rings. The zero-order valence-corrected chi connectivity index (χ0v) is 15.3. The molecule has 2 heterocycles. The topological polar surface area (TPSA) is 83.8 Å². The van der Waals surface area contributed by atoms with Crippen LogP contribution in [0.4, 0.5) is 8.78 Å². The minimum atomic E-state index is -0.643. The lowest BCUT2D eigenvalue weighted by Crippen LogP contribution is -2.30. The predicted molar refractivity (Wildman–Crippen MR) is 108 cm³/mol. The summed E-state index contributed by atoms with van der Waals surface area (Å²) in [6.45, 7) is 0. The van der Waals surface area contributed by atoms with E-state index in [0.717, 1.165) is 22.6 Å². The van der Waals surface area contributed by atoms with Gasteiger partial charge in [0.2, 0.25) is 5.56 Å². The predicted octanol–water partition coefficient (Wildman–Crippen LogP) is 3.62. The molecular weight excluding hydrogens is 374 g/mol. The molecule has 2 aromatic heterocycles. The van der Waals surface area contributed by atoms with Crippen molar-refractivity contribution < 1.29 is 8.78 Å². The monoisotopic (exact) mass is 392 g/mol. The van der Waals surface area contributed by atoms with E-state index >= 15 is 0 Å². The van der Waals surface area contributed by atoms with Crippen molar-refractivity contribution in [2.24, 2.45) is 5.84 Å². The fourth-order valence-electron chi connectivity index (χ4n) is 3.46. The van der Waals surface area contributed by atoms with Gasteiger partial charge in [0.05, 0.1) is 11.7 Å². The van der Waals surface area contributed by atoms with Crippen LogP contribution >= 0.6 is 0 Å². The first kappa shape index (κ1) is 18.9. The molecule has 1 atom stereocenters. The zero-order valence-electron chi connectivity index (χ0n) is 15.3. The number of H-pyrrole nitrogens is 1. The molecule has 0 amide bonds. The first-order valence-electron chi connectivity index (χ1n) is 9.03. The van der Waals surface area contributed by atoms with Crippen LogP contribution in [0.15, 0.2) is 71.7 Å². The number of hydrazine groups is 1. The number of aromatic amines is 1. The number of pyridine rings is 2. The summed E-state index contributed by atoms with van der Waals surface area (Å²) in [5.41, 5.74) is 5.96. The lowest BCUT2D eigenvalue weighted by atomic mass is 9.95. The lowest BCUT2D eigenvalue weighted by molar-refractivity contribution is 0.530. The number of nitrogens with two attached hydrogens (primary N) is 1. The number of halogens is 2. The zero-order chi connectivity index (χ0) is 20.4. The number of hydrogen-bond acceptors (Lipinski definition) is 4. The minimum Gasteiger partial charge on any atom is -0.322 e.